The number of ether oxygens (including phenoxy) is 1. The van der Waals surface area contributed by atoms with Gasteiger partial charge in [-0.2, -0.15) is 10.5 Å². The molecule has 0 bridgehead atoms. The number of fused-ring (bicyclic) bond motifs is 2. The highest BCUT2D eigenvalue weighted by atomic mass is 32.2. The van der Waals surface area contributed by atoms with E-state index in [2.05, 4.69) is 17.1 Å². The predicted molar refractivity (Wildman–Crippen MR) is 87.1 cm³/mol. The molecule has 2 aliphatic heterocycles. The zero-order valence-corrected chi connectivity index (χ0v) is 13.6. The van der Waals surface area contributed by atoms with Gasteiger partial charge in [-0.25, -0.2) is 4.99 Å². The Balaban J connectivity index is 1.88. The number of amidine groups is 1. The molecule has 1 spiro atoms. The third-order valence-corrected chi connectivity index (χ3v) is 6.97. The first-order valence-electron chi connectivity index (χ1n) is 7.54. The summed E-state index contributed by atoms with van der Waals surface area (Å²) in [5, 5.41) is 19.0. The van der Waals surface area contributed by atoms with Crippen LogP contribution in [0, 0.1) is 38.9 Å². The summed E-state index contributed by atoms with van der Waals surface area (Å²) in [6.45, 7) is 2.49. The maximum atomic E-state index is 10.1. The summed E-state index contributed by atoms with van der Waals surface area (Å²) in [6, 6.07) is 14.7. The van der Waals surface area contributed by atoms with E-state index in [4.69, 9.17) is 10.5 Å². The second-order valence-electron chi connectivity index (χ2n) is 6.49. The highest BCUT2D eigenvalue weighted by Gasteiger charge is 2.98. The maximum Gasteiger partial charge on any atom is 0.230 e. The largest absolute Gasteiger partial charge is 0.386 e. The van der Waals surface area contributed by atoms with Crippen LogP contribution in [0.25, 0.3) is 0 Å². The van der Waals surface area contributed by atoms with E-state index in [-0.39, 0.29) is 5.84 Å². The van der Waals surface area contributed by atoms with Crippen LogP contribution in [0.2, 0.25) is 0 Å². The summed E-state index contributed by atoms with van der Waals surface area (Å²) < 4.78 is 5.90. The lowest BCUT2D eigenvalue weighted by molar-refractivity contribution is 0.00912. The number of nitrogens with two attached hydrogens (primary N) is 1. The van der Waals surface area contributed by atoms with E-state index in [1.807, 2.05) is 37.3 Å². The minimum atomic E-state index is -1.08. The first-order valence-corrected chi connectivity index (χ1v) is 8.52. The number of hydrogen-bond donors (Lipinski definition) is 1. The molecule has 1 aliphatic carbocycles. The molecule has 6 heteroatoms. The summed E-state index contributed by atoms with van der Waals surface area (Å²) in [7, 11) is 0. The van der Waals surface area contributed by atoms with Crippen LogP contribution in [0.3, 0.4) is 0 Å². The SMILES string of the molecule is C[C@@]1(Cc2ccccc2)[C@]2(C#N)C(N)=N[C@@]3(OCCS3)[C@]12C#N. The molecule has 0 amide bonds. The van der Waals surface area contributed by atoms with Crippen molar-refractivity contribution in [2.75, 3.05) is 12.4 Å². The zero-order chi connectivity index (χ0) is 16.3. The lowest BCUT2D eigenvalue weighted by Crippen LogP contribution is -2.37. The molecule has 1 saturated carbocycles. The first kappa shape index (κ1) is 14.6. The standard InChI is InChI=1S/C17H16N4OS/c1-14(9-12-5-3-2-4-6-12)15(10-18)13(20)21-17(16(14,15)11-19)22-7-8-23-17/h2-6H,7-9H2,1H3,(H2,20,21)/t14-,15+,16-,17-/m1/s1. The second-order valence-corrected chi connectivity index (χ2v) is 7.74. The Morgan fingerprint density at radius 3 is 2.61 bits per heavy atom. The third-order valence-electron chi connectivity index (χ3n) is 5.70. The molecule has 1 aromatic rings. The number of nitriles is 2. The van der Waals surface area contributed by atoms with Gasteiger partial charge in [-0.3, -0.25) is 0 Å². The van der Waals surface area contributed by atoms with Gasteiger partial charge in [0.2, 0.25) is 5.06 Å². The fourth-order valence-corrected chi connectivity index (χ4v) is 6.08. The van der Waals surface area contributed by atoms with Gasteiger partial charge in [-0.05, 0) is 12.0 Å². The minimum Gasteiger partial charge on any atom is -0.386 e. The van der Waals surface area contributed by atoms with Gasteiger partial charge in [0, 0.05) is 11.2 Å². The summed E-state index contributed by atoms with van der Waals surface area (Å²) in [6.07, 6.45) is 0.594. The summed E-state index contributed by atoms with van der Waals surface area (Å²) in [5.74, 6) is 0.998. The van der Waals surface area contributed by atoms with Crippen LogP contribution < -0.4 is 5.73 Å². The van der Waals surface area contributed by atoms with Crippen LogP contribution in [-0.2, 0) is 11.2 Å². The van der Waals surface area contributed by atoms with Crippen LogP contribution in [0.4, 0.5) is 0 Å². The molecular weight excluding hydrogens is 308 g/mol. The molecule has 116 valence electrons. The topological polar surface area (TPSA) is 95.2 Å². The van der Waals surface area contributed by atoms with Gasteiger partial charge in [-0.1, -0.05) is 49.0 Å². The Labute approximate surface area is 139 Å². The minimum absolute atomic E-state index is 0.245. The van der Waals surface area contributed by atoms with Crippen molar-refractivity contribution in [3.63, 3.8) is 0 Å². The van der Waals surface area contributed by atoms with Crippen LogP contribution >= 0.6 is 11.8 Å². The van der Waals surface area contributed by atoms with Crippen molar-refractivity contribution in [3.8, 4) is 12.1 Å². The molecule has 2 heterocycles. The lowest BCUT2D eigenvalue weighted by atomic mass is 9.86. The van der Waals surface area contributed by atoms with Crippen LogP contribution in [0.15, 0.2) is 35.3 Å². The van der Waals surface area contributed by atoms with Gasteiger partial charge < -0.3 is 10.5 Å². The maximum absolute atomic E-state index is 10.1. The smallest absolute Gasteiger partial charge is 0.230 e. The van der Waals surface area contributed by atoms with Crippen molar-refractivity contribution in [2.45, 2.75) is 18.4 Å². The quantitative estimate of drug-likeness (QED) is 0.898. The molecule has 2 fully saturated rings. The number of aliphatic imine (C=N–C) groups is 1. The number of benzene rings is 1. The monoisotopic (exact) mass is 324 g/mol. The summed E-state index contributed by atoms with van der Waals surface area (Å²) in [4.78, 5) is 4.46. The van der Waals surface area contributed by atoms with Gasteiger partial charge in [0.15, 0.2) is 5.41 Å². The van der Waals surface area contributed by atoms with Crippen molar-refractivity contribution >= 4 is 17.6 Å². The molecule has 3 aliphatic rings. The summed E-state index contributed by atoms with van der Waals surface area (Å²) >= 11 is 1.49. The molecule has 5 nitrogen and oxygen atoms in total. The van der Waals surface area contributed by atoms with E-state index >= 15 is 0 Å². The number of thioether (sulfide) groups is 1. The van der Waals surface area contributed by atoms with E-state index in [1.54, 1.807) is 0 Å². The molecule has 1 aromatic carbocycles. The van der Waals surface area contributed by atoms with Gasteiger partial charge >= 0.3 is 0 Å². The molecule has 4 atom stereocenters. The normalized spacial score (nSPS) is 43.5. The molecular formula is C17H16N4OS. The van der Waals surface area contributed by atoms with Crippen molar-refractivity contribution in [1.29, 1.82) is 10.5 Å². The Bertz CT molecular complexity index is 789. The Morgan fingerprint density at radius 2 is 2.04 bits per heavy atom. The third kappa shape index (κ3) is 1.28. The first-order chi connectivity index (χ1) is 11.0. The highest BCUT2D eigenvalue weighted by molar-refractivity contribution is 8.00. The molecule has 0 unspecified atom stereocenters. The molecule has 0 radical (unpaired) electrons. The van der Waals surface area contributed by atoms with E-state index in [1.165, 1.54) is 11.8 Å². The zero-order valence-electron chi connectivity index (χ0n) is 12.7. The van der Waals surface area contributed by atoms with Crippen molar-refractivity contribution in [3.05, 3.63) is 35.9 Å². The molecule has 4 rings (SSSR count). The van der Waals surface area contributed by atoms with Gasteiger partial charge in [0.25, 0.3) is 0 Å². The molecule has 2 N–H and O–H groups in total. The highest BCUT2D eigenvalue weighted by Crippen LogP contribution is 2.87. The number of nitrogens with zero attached hydrogens (tertiary/aromatic N) is 3. The van der Waals surface area contributed by atoms with Crippen LogP contribution in [0.5, 0.6) is 0 Å². The lowest BCUT2D eigenvalue weighted by Gasteiger charge is -2.29. The van der Waals surface area contributed by atoms with E-state index < -0.39 is 21.3 Å². The van der Waals surface area contributed by atoms with E-state index in [0.717, 1.165) is 11.3 Å². The Morgan fingerprint density at radius 1 is 1.30 bits per heavy atom. The van der Waals surface area contributed by atoms with Crippen LogP contribution in [0.1, 0.15) is 12.5 Å². The Hall–Kier alpha value is -2.02. The Kier molecular flexibility index (Phi) is 2.71. The van der Waals surface area contributed by atoms with E-state index in [0.29, 0.717) is 13.0 Å². The fraction of sp³-hybridized carbons (Fsp3) is 0.471. The van der Waals surface area contributed by atoms with Gasteiger partial charge in [0.05, 0.1) is 18.7 Å². The van der Waals surface area contributed by atoms with Crippen molar-refractivity contribution in [1.82, 2.24) is 0 Å². The summed E-state index contributed by atoms with van der Waals surface area (Å²) in [5.41, 5.74) is 4.54. The average molecular weight is 324 g/mol. The fourth-order valence-electron chi connectivity index (χ4n) is 4.66. The van der Waals surface area contributed by atoms with Gasteiger partial charge in [0.1, 0.15) is 11.3 Å². The van der Waals surface area contributed by atoms with Gasteiger partial charge in [-0.15, -0.1) is 0 Å². The van der Waals surface area contributed by atoms with E-state index in [9.17, 15) is 10.5 Å². The van der Waals surface area contributed by atoms with Crippen molar-refractivity contribution < 1.29 is 4.74 Å². The van der Waals surface area contributed by atoms with Crippen molar-refractivity contribution in [2.24, 2.45) is 27.0 Å². The molecule has 0 aromatic heterocycles. The average Bonchev–Trinajstić information content (AvgIpc) is 2.86. The number of hydrogen-bond acceptors (Lipinski definition) is 6. The predicted octanol–water partition coefficient (Wildman–Crippen LogP) is 2.06. The molecule has 1 saturated heterocycles. The number of rotatable bonds is 2. The molecule has 23 heavy (non-hydrogen) atoms. The second kappa shape index (κ2) is 4.29. The van der Waals surface area contributed by atoms with Crippen LogP contribution in [-0.4, -0.2) is 23.3 Å².